The molecule has 9 nitrogen and oxygen atoms in total. The molecule has 2 amide bonds. The predicted octanol–water partition coefficient (Wildman–Crippen LogP) is 3.11. The van der Waals surface area contributed by atoms with Crippen LogP contribution in [0.25, 0.3) is 0 Å². The lowest BCUT2D eigenvalue weighted by Gasteiger charge is -2.43. The maximum atomic E-state index is 13.7. The summed E-state index contributed by atoms with van der Waals surface area (Å²) in [5.41, 5.74) is 1.49. The molecule has 35 heavy (non-hydrogen) atoms. The van der Waals surface area contributed by atoms with Crippen LogP contribution in [-0.4, -0.2) is 46.8 Å². The fourth-order valence-corrected chi connectivity index (χ4v) is 4.10. The Morgan fingerprint density at radius 1 is 1.11 bits per heavy atom. The van der Waals surface area contributed by atoms with Gasteiger partial charge in [0.15, 0.2) is 5.69 Å². The first-order valence-corrected chi connectivity index (χ1v) is 11.3. The second kappa shape index (κ2) is 9.61. The van der Waals surface area contributed by atoms with E-state index in [0.717, 1.165) is 11.1 Å². The molecule has 1 atom stereocenters. The van der Waals surface area contributed by atoms with Crippen LogP contribution in [0.2, 0.25) is 0 Å². The molecule has 0 aliphatic carbocycles. The van der Waals surface area contributed by atoms with E-state index in [0.29, 0.717) is 18.0 Å². The smallest absolute Gasteiger partial charge is 0.358 e. The molecule has 1 aliphatic heterocycles. The summed E-state index contributed by atoms with van der Waals surface area (Å²) in [6.45, 7) is 5.93. The number of aryl methyl sites for hydroxylation is 1. The molecule has 1 aromatic heterocycles. The number of aromatic nitrogens is 2. The number of methoxy groups -OCH3 is 1. The van der Waals surface area contributed by atoms with E-state index in [9.17, 15) is 14.4 Å². The zero-order valence-electron chi connectivity index (χ0n) is 20.2. The van der Waals surface area contributed by atoms with Crippen molar-refractivity contribution in [3.63, 3.8) is 0 Å². The Balaban J connectivity index is 1.71. The van der Waals surface area contributed by atoms with Gasteiger partial charge in [-0.2, -0.15) is 5.10 Å². The molecule has 0 bridgehead atoms. The molecule has 1 unspecified atom stereocenters. The van der Waals surface area contributed by atoms with Crippen LogP contribution in [0.5, 0.6) is 5.75 Å². The molecule has 0 radical (unpaired) electrons. The van der Waals surface area contributed by atoms with Gasteiger partial charge in [-0.15, -0.1) is 0 Å². The summed E-state index contributed by atoms with van der Waals surface area (Å²) in [7, 11) is 1.55. The summed E-state index contributed by atoms with van der Waals surface area (Å²) >= 11 is 0. The number of hydrogen-bond donors (Lipinski definition) is 1. The van der Waals surface area contributed by atoms with Crippen LogP contribution in [0.4, 0.5) is 5.69 Å². The van der Waals surface area contributed by atoms with Crippen LogP contribution in [0.15, 0.2) is 54.6 Å². The monoisotopic (exact) mass is 476 g/mol. The number of esters is 1. The average molecular weight is 477 g/mol. The maximum absolute atomic E-state index is 13.7. The standard InChI is InChI=1S/C26H28N4O5/c1-5-35-24(32)21-14-22-23(31)30(19-10-12-20(34-4)13-11-19)26(3,16-29(22)28-21)25(33)27-15-18-8-6-17(2)7-9-18/h6-14H,5,15-16H2,1-4H3,(H,27,33). The number of carbonyl (C=O) groups excluding carboxylic acids is 3. The van der Waals surface area contributed by atoms with Gasteiger partial charge >= 0.3 is 5.97 Å². The summed E-state index contributed by atoms with van der Waals surface area (Å²) in [6, 6.07) is 16.1. The quantitative estimate of drug-likeness (QED) is 0.526. The van der Waals surface area contributed by atoms with E-state index in [1.165, 1.54) is 15.6 Å². The number of nitrogens with zero attached hydrogens (tertiary/aromatic N) is 3. The summed E-state index contributed by atoms with van der Waals surface area (Å²) < 4.78 is 11.7. The first kappa shape index (κ1) is 24.0. The highest BCUT2D eigenvalue weighted by atomic mass is 16.5. The number of nitrogens with one attached hydrogen (secondary N) is 1. The molecule has 4 rings (SSSR count). The fourth-order valence-electron chi connectivity index (χ4n) is 4.10. The van der Waals surface area contributed by atoms with Gasteiger partial charge in [0.25, 0.3) is 5.91 Å². The Bertz CT molecular complexity index is 1250. The number of ether oxygens (including phenoxy) is 2. The van der Waals surface area contributed by atoms with Crippen molar-refractivity contribution in [2.24, 2.45) is 0 Å². The number of fused-ring (bicyclic) bond motifs is 1. The van der Waals surface area contributed by atoms with Gasteiger partial charge in [-0.1, -0.05) is 29.8 Å². The van der Waals surface area contributed by atoms with Crippen molar-refractivity contribution in [3.05, 3.63) is 77.1 Å². The zero-order chi connectivity index (χ0) is 25.2. The van der Waals surface area contributed by atoms with Crippen LogP contribution in [0.3, 0.4) is 0 Å². The first-order valence-electron chi connectivity index (χ1n) is 11.3. The summed E-state index contributed by atoms with van der Waals surface area (Å²) in [4.78, 5) is 41.0. The second-order valence-corrected chi connectivity index (χ2v) is 8.57. The van der Waals surface area contributed by atoms with Crippen molar-refractivity contribution in [1.29, 1.82) is 0 Å². The lowest BCUT2D eigenvalue weighted by atomic mass is 9.93. The maximum Gasteiger partial charge on any atom is 0.358 e. The topological polar surface area (TPSA) is 103 Å². The highest BCUT2D eigenvalue weighted by Crippen LogP contribution is 2.34. The Kier molecular flexibility index (Phi) is 6.59. The Labute approximate surface area is 203 Å². The largest absolute Gasteiger partial charge is 0.497 e. The van der Waals surface area contributed by atoms with Crippen LogP contribution in [-0.2, 0) is 22.6 Å². The number of amides is 2. The van der Waals surface area contributed by atoms with E-state index in [2.05, 4.69) is 10.4 Å². The molecular weight excluding hydrogens is 448 g/mol. The van der Waals surface area contributed by atoms with Crippen molar-refractivity contribution in [2.45, 2.75) is 39.4 Å². The van der Waals surface area contributed by atoms with Crippen molar-refractivity contribution in [2.75, 3.05) is 18.6 Å². The molecule has 2 heterocycles. The van der Waals surface area contributed by atoms with Gasteiger partial charge in [0.05, 0.1) is 20.3 Å². The Morgan fingerprint density at radius 2 is 1.80 bits per heavy atom. The molecule has 1 N–H and O–H groups in total. The van der Waals surface area contributed by atoms with E-state index < -0.39 is 17.4 Å². The van der Waals surface area contributed by atoms with Crippen molar-refractivity contribution < 1.29 is 23.9 Å². The van der Waals surface area contributed by atoms with E-state index in [1.807, 2.05) is 31.2 Å². The molecule has 182 valence electrons. The summed E-state index contributed by atoms with van der Waals surface area (Å²) in [6.07, 6.45) is 0. The van der Waals surface area contributed by atoms with Crippen LogP contribution < -0.4 is 15.0 Å². The fraction of sp³-hybridized carbons (Fsp3) is 0.308. The van der Waals surface area contributed by atoms with Gasteiger partial charge in [-0.3, -0.25) is 19.2 Å². The molecule has 9 heteroatoms. The third kappa shape index (κ3) is 4.62. The third-order valence-corrected chi connectivity index (χ3v) is 6.03. The highest BCUT2D eigenvalue weighted by Gasteiger charge is 2.49. The van der Waals surface area contributed by atoms with Gasteiger partial charge < -0.3 is 14.8 Å². The van der Waals surface area contributed by atoms with Crippen molar-refractivity contribution in [1.82, 2.24) is 15.1 Å². The molecule has 0 fully saturated rings. The second-order valence-electron chi connectivity index (χ2n) is 8.57. The number of anilines is 1. The minimum Gasteiger partial charge on any atom is -0.497 e. The highest BCUT2D eigenvalue weighted by molar-refractivity contribution is 6.12. The van der Waals surface area contributed by atoms with Crippen LogP contribution >= 0.6 is 0 Å². The number of benzene rings is 2. The zero-order valence-corrected chi connectivity index (χ0v) is 20.2. The minimum absolute atomic E-state index is 0.0224. The first-order chi connectivity index (χ1) is 16.8. The van der Waals surface area contributed by atoms with Gasteiger partial charge in [0, 0.05) is 18.3 Å². The van der Waals surface area contributed by atoms with Crippen LogP contribution in [0.1, 0.15) is 46.0 Å². The normalized spacial score (nSPS) is 17.0. The molecule has 3 aromatic rings. The number of carbonyl (C=O) groups is 3. The van der Waals surface area contributed by atoms with Gasteiger partial charge in [0.2, 0.25) is 5.91 Å². The third-order valence-electron chi connectivity index (χ3n) is 6.03. The molecule has 0 saturated carbocycles. The Hall–Kier alpha value is -4.14. The van der Waals surface area contributed by atoms with E-state index in [-0.39, 0.29) is 30.4 Å². The van der Waals surface area contributed by atoms with E-state index in [1.54, 1.807) is 45.2 Å². The lowest BCUT2D eigenvalue weighted by molar-refractivity contribution is -0.126. The van der Waals surface area contributed by atoms with Crippen molar-refractivity contribution in [3.8, 4) is 5.75 Å². The summed E-state index contributed by atoms with van der Waals surface area (Å²) in [5, 5.41) is 7.24. The van der Waals surface area contributed by atoms with Gasteiger partial charge in [-0.05, 0) is 50.6 Å². The molecule has 0 spiro atoms. The Morgan fingerprint density at radius 3 is 2.43 bits per heavy atom. The molecule has 1 aliphatic rings. The van der Waals surface area contributed by atoms with Gasteiger partial charge in [0.1, 0.15) is 17.0 Å². The average Bonchev–Trinajstić information content (AvgIpc) is 3.28. The lowest BCUT2D eigenvalue weighted by Crippen LogP contribution is -2.64. The molecule has 0 saturated heterocycles. The molecular formula is C26H28N4O5. The van der Waals surface area contributed by atoms with E-state index in [4.69, 9.17) is 9.47 Å². The van der Waals surface area contributed by atoms with E-state index >= 15 is 0 Å². The van der Waals surface area contributed by atoms with Crippen LogP contribution in [0, 0.1) is 6.92 Å². The number of rotatable bonds is 7. The van der Waals surface area contributed by atoms with Crippen molar-refractivity contribution >= 4 is 23.5 Å². The van der Waals surface area contributed by atoms with Gasteiger partial charge in [-0.25, -0.2) is 4.79 Å². The predicted molar refractivity (Wildman–Crippen MR) is 129 cm³/mol. The SMILES string of the molecule is CCOC(=O)c1cc2n(n1)CC(C)(C(=O)NCc1ccc(C)cc1)N(c1ccc(OC)cc1)C2=O. The number of hydrogen-bond acceptors (Lipinski definition) is 6. The molecule has 2 aromatic carbocycles. The summed E-state index contributed by atoms with van der Waals surface area (Å²) in [5.74, 6) is -0.791. The minimum atomic E-state index is -1.32.